The summed E-state index contributed by atoms with van der Waals surface area (Å²) in [7, 11) is -3.45. The maximum atomic E-state index is 12.8. The van der Waals surface area contributed by atoms with Gasteiger partial charge in [0, 0.05) is 12.5 Å². The zero-order valence-electron chi connectivity index (χ0n) is 15.8. The highest BCUT2D eigenvalue weighted by atomic mass is 32.2. The van der Waals surface area contributed by atoms with Gasteiger partial charge in [0.25, 0.3) is 5.91 Å². The lowest BCUT2D eigenvalue weighted by molar-refractivity contribution is -0.131. The number of esters is 1. The third-order valence-electron chi connectivity index (χ3n) is 4.43. The molecule has 3 rings (SSSR count). The number of fused-ring (bicyclic) bond motifs is 1. The van der Waals surface area contributed by atoms with Gasteiger partial charge in [0.15, 0.2) is 15.9 Å². The summed E-state index contributed by atoms with van der Waals surface area (Å²) in [6.07, 6.45) is -0.720. The van der Waals surface area contributed by atoms with Crippen LogP contribution in [0.3, 0.4) is 0 Å². The largest absolute Gasteiger partial charge is 0.479 e. The van der Waals surface area contributed by atoms with Gasteiger partial charge in [-0.25, -0.2) is 8.42 Å². The number of carbonyl (C=O) groups is 2. The summed E-state index contributed by atoms with van der Waals surface area (Å²) in [4.78, 5) is 25.8. The number of benzene rings is 2. The number of rotatable bonds is 5. The van der Waals surface area contributed by atoms with Gasteiger partial charge in [-0.05, 0) is 31.2 Å². The highest BCUT2D eigenvalue weighted by molar-refractivity contribution is 7.91. The van der Waals surface area contributed by atoms with E-state index in [-0.39, 0.29) is 23.1 Å². The molecule has 148 valence electrons. The Bertz CT molecular complexity index is 1030. The fourth-order valence-electron chi connectivity index (χ4n) is 2.97. The Morgan fingerprint density at radius 2 is 1.93 bits per heavy atom. The van der Waals surface area contributed by atoms with Crippen LogP contribution in [0.15, 0.2) is 47.4 Å². The summed E-state index contributed by atoms with van der Waals surface area (Å²) in [6, 6.07) is 11.4. The molecule has 7 nitrogen and oxygen atoms in total. The van der Waals surface area contributed by atoms with Gasteiger partial charge in [-0.3, -0.25) is 9.59 Å². The van der Waals surface area contributed by atoms with Crippen LogP contribution in [0.4, 0.5) is 5.69 Å². The van der Waals surface area contributed by atoms with Gasteiger partial charge in [0.2, 0.25) is 0 Å². The Kier molecular flexibility index (Phi) is 5.42. The average Bonchev–Trinajstić information content (AvgIpc) is 2.66. The molecule has 0 bridgehead atoms. The minimum atomic E-state index is -3.45. The molecule has 2 aromatic carbocycles. The second-order valence-corrected chi connectivity index (χ2v) is 8.70. The lowest BCUT2D eigenvalue weighted by Gasteiger charge is -2.33. The Hall–Kier alpha value is -2.87. The van der Waals surface area contributed by atoms with Crippen LogP contribution in [0.25, 0.3) is 0 Å². The van der Waals surface area contributed by atoms with Crippen molar-refractivity contribution in [3.05, 3.63) is 48.0 Å². The maximum absolute atomic E-state index is 12.8. The topological polar surface area (TPSA) is 90.0 Å². The van der Waals surface area contributed by atoms with Crippen molar-refractivity contribution < 1.29 is 27.5 Å². The van der Waals surface area contributed by atoms with Crippen LogP contribution < -0.4 is 14.4 Å². The molecule has 2 aromatic rings. The van der Waals surface area contributed by atoms with Gasteiger partial charge in [-0.15, -0.1) is 0 Å². The predicted octanol–water partition coefficient (Wildman–Crippen LogP) is 2.72. The van der Waals surface area contributed by atoms with Crippen LogP contribution in [0, 0.1) is 0 Å². The fraction of sp³-hybridized carbons (Fsp3) is 0.300. The van der Waals surface area contributed by atoms with Crippen LogP contribution in [0.2, 0.25) is 0 Å². The number of hydrogen-bond acceptors (Lipinski definition) is 6. The van der Waals surface area contributed by atoms with Gasteiger partial charge in [0.05, 0.1) is 22.9 Å². The normalized spacial score (nSPS) is 16.3. The van der Waals surface area contributed by atoms with E-state index in [1.807, 2.05) is 0 Å². The smallest absolute Gasteiger partial charge is 0.308 e. The number of ether oxygens (including phenoxy) is 2. The first-order valence-electron chi connectivity index (χ1n) is 8.84. The van der Waals surface area contributed by atoms with E-state index < -0.39 is 21.9 Å². The van der Waals surface area contributed by atoms with Gasteiger partial charge < -0.3 is 14.4 Å². The average molecular weight is 403 g/mol. The van der Waals surface area contributed by atoms with Crippen LogP contribution in [-0.2, 0) is 26.0 Å². The number of sulfone groups is 1. The Morgan fingerprint density at radius 3 is 2.61 bits per heavy atom. The lowest BCUT2D eigenvalue weighted by Crippen LogP contribution is -2.44. The summed E-state index contributed by atoms with van der Waals surface area (Å²) in [5.74, 6) is -0.0540. The maximum Gasteiger partial charge on any atom is 0.308 e. The Morgan fingerprint density at radius 1 is 1.21 bits per heavy atom. The molecular formula is C20H21NO6S. The van der Waals surface area contributed by atoms with Crippen molar-refractivity contribution in [2.45, 2.75) is 38.3 Å². The van der Waals surface area contributed by atoms with Gasteiger partial charge in [-0.2, -0.15) is 0 Å². The van der Waals surface area contributed by atoms with Crippen molar-refractivity contribution in [1.82, 2.24) is 0 Å². The number of nitrogens with zero attached hydrogens (tertiary/aromatic N) is 1. The van der Waals surface area contributed by atoms with Crippen molar-refractivity contribution in [2.75, 3.05) is 10.7 Å². The standard InChI is InChI=1S/C20H21NO6S/c1-4-28(24,25)16-9-10-19-17(11-16)21(20(23)13(2)26-19)12-15-7-5-6-8-18(15)27-14(3)22/h5-11,13H,4,12H2,1-3H3. The van der Waals surface area contributed by atoms with Crippen LogP contribution in [0.1, 0.15) is 26.3 Å². The van der Waals surface area contributed by atoms with Crippen molar-refractivity contribution in [3.8, 4) is 11.5 Å². The molecule has 1 amide bonds. The molecule has 0 fully saturated rings. The molecule has 1 heterocycles. The molecule has 0 spiro atoms. The highest BCUT2D eigenvalue weighted by Crippen LogP contribution is 2.38. The van der Waals surface area contributed by atoms with E-state index in [1.165, 1.54) is 24.0 Å². The van der Waals surface area contributed by atoms with Crippen molar-refractivity contribution in [3.63, 3.8) is 0 Å². The number of amides is 1. The first-order valence-corrected chi connectivity index (χ1v) is 10.5. The predicted molar refractivity (Wildman–Crippen MR) is 103 cm³/mol. The molecule has 1 unspecified atom stereocenters. The minimum Gasteiger partial charge on any atom is -0.479 e. The molecule has 28 heavy (non-hydrogen) atoms. The van der Waals surface area contributed by atoms with E-state index in [0.717, 1.165) is 0 Å². The molecule has 0 saturated carbocycles. The summed E-state index contributed by atoms with van der Waals surface area (Å²) >= 11 is 0. The fourth-order valence-corrected chi connectivity index (χ4v) is 3.87. The molecule has 1 aliphatic heterocycles. The van der Waals surface area contributed by atoms with Gasteiger partial charge in [-0.1, -0.05) is 25.1 Å². The SMILES string of the molecule is CCS(=O)(=O)c1ccc2c(c1)N(Cc1ccccc1OC(C)=O)C(=O)C(C)O2. The van der Waals surface area contributed by atoms with E-state index in [1.54, 1.807) is 44.2 Å². The Balaban J connectivity index is 2.06. The van der Waals surface area contributed by atoms with E-state index in [0.29, 0.717) is 22.7 Å². The van der Waals surface area contributed by atoms with Gasteiger partial charge in [0.1, 0.15) is 11.5 Å². The summed E-state index contributed by atoms with van der Waals surface area (Å²) in [5.41, 5.74) is 0.991. The third kappa shape index (κ3) is 3.87. The van der Waals surface area contributed by atoms with Gasteiger partial charge >= 0.3 is 5.97 Å². The monoisotopic (exact) mass is 403 g/mol. The zero-order chi connectivity index (χ0) is 20.5. The zero-order valence-corrected chi connectivity index (χ0v) is 16.7. The van der Waals surface area contributed by atoms with E-state index in [9.17, 15) is 18.0 Å². The number of hydrogen-bond donors (Lipinski definition) is 0. The van der Waals surface area contributed by atoms with E-state index >= 15 is 0 Å². The number of anilines is 1. The second kappa shape index (κ2) is 7.63. The molecule has 0 aliphatic carbocycles. The summed E-state index contributed by atoms with van der Waals surface area (Å²) < 4.78 is 35.4. The molecule has 1 atom stereocenters. The van der Waals surface area contributed by atoms with E-state index in [4.69, 9.17) is 9.47 Å². The minimum absolute atomic E-state index is 0.0493. The Labute approximate surface area is 163 Å². The van der Waals surface area contributed by atoms with Crippen LogP contribution in [0.5, 0.6) is 11.5 Å². The van der Waals surface area contributed by atoms with Crippen molar-refractivity contribution >= 4 is 27.4 Å². The number of carbonyl (C=O) groups excluding carboxylic acids is 2. The first kappa shape index (κ1) is 19.9. The van der Waals surface area contributed by atoms with Crippen molar-refractivity contribution in [1.29, 1.82) is 0 Å². The first-order chi connectivity index (χ1) is 13.2. The van der Waals surface area contributed by atoms with Crippen molar-refractivity contribution in [2.24, 2.45) is 0 Å². The molecule has 0 aromatic heterocycles. The third-order valence-corrected chi connectivity index (χ3v) is 6.16. The highest BCUT2D eigenvalue weighted by Gasteiger charge is 2.33. The summed E-state index contributed by atoms with van der Waals surface area (Å²) in [5, 5.41) is 0. The van der Waals surface area contributed by atoms with Crippen LogP contribution >= 0.6 is 0 Å². The molecule has 8 heteroatoms. The summed E-state index contributed by atoms with van der Waals surface area (Å²) in [6.45, 7) is 4.60. The van der Waals surface area contributed by atoms with Crippen LogP contribution in [-0.4, -0.2) is 32.2 Å². The molecular weight excluding hydrogens is 382 g/mol. The lowest BCUT2D eigenvalue weighted by atomic mass is 10.1. The second-order valence-electron chi connectivity index (χ2n) is 6.42. The quantitative estimate of drug-likeness (QED) is 0.563. The molecule has 1 aliphatic rings. The number of para-hydroxylation sites is 1. The molecule has 0 N–H and O–H groups in total. The molecule has 0 radical (unpaired) electrons. The van der Waals surface area contributed by atoms with E-state index in [2.05, 4.69) is 0 Å². The molecule has 0 saturated heterocycles.